The molecule has 0 saturated carbocycles. The fraction of sp³-hybridized carbons (Fsp3) is 0.533. The van der Waals surface area contributed by atoms with Gasteiger partial charge >= 0.3 is 0 Å². The van der Waals surface area contributed by atoms with E-state index in [0.29, 0.717) is 13.1 Å². The summed E-state index contributed by atoms with van der Waals surface area (Å²) in [5.74, 6) is 0.372. The van der Waals surface area contributed by atoms with Crippen LogP contribution in [-0.4, -0.2) is 39.9 Å². The lowest BCUT2D eigenvalue weighted by Crippen LogP contribution is -2.67. The molecule has 1 unspecified atom stereocenters. The van der Waals surface area contributed by atoms with Crippen LogP contribution in [0.3, 0.4) is 0 Å². The summed E-state index contributed by atoms with van der Waals surface area (Å²) in [6.07, 6.45) is 0.816. The third kappa shape index (κ3) is 2.17. The molecule has 1 atom stereocenters. The van der Waals surface area contributed by atoms with Crippen molar-refractivity contribution in [3.8, 4) is 0 Å². The third-order valence-corrected chi connectivity index (χ3v) is 5.54. The Bertz CT molecular complexity index is 484. The van der Waals surface area contributed by atoms with Crippen LogP contribution in [-0.2, 0) is 11.2 Å². The Morgan fingerprint density at radius 3 is 2.74 bits per heavy atom. The van der Waals surface area contributed by atoms with Crippen molar-refractivity contribution < 1.29 is 9.90 Å². The van der Waals surface area contributed by atoms with Crippen molar-refractivity contribution in [2.24, 2.45) is 5.92 Å². The Hall–Kier alpha value is -1.00. The predicted octanol–water partition coefficient (Wildman–Crippen LogP) is 1.93. The molecule has 2 aliphatic rings. The highest BCUT2D eigenvalue weighted by Gasteiger charge is 2.47. The van der Waals surface area contributed by atoms with Crippen molar-refractivity contribution in [2.75, 3.05) is 13.1 Å². The molecule has 0 aliphatic carbocycles. The summed E-state index contributed by atoms with van der Waals surface area (Å²) in [7, 11) is 0. The molecule has 0 spiro atoms. The van der Waals surface area contributed by atoms with Crippen LogP contribution in [0.1, 0.15) is 19.4 Å². The average molecular weight is 277 g/mol. The zero-order valence-electron chi connectivity index (χ0n) is 11.3. The van der Waals surface area contributed by atoms with E-state index in [1.54, 1.807) is 16.7 Å². The number of thioether (sulfide) groups is 1. The normalized spacial score (nSPS) is 24.2. The minimum absolute atomic E-state index is 0.00545. The van der Waals surface area contributed by atoms with Crippen LogP contribution in [0.15, 0.2) is 29.2 Å². The maximum Gasteiger partial charge on any atom is 0.236 e. The van der Waals surface area contributed by atoms with E-state index in [2.05, 4.69) is 12.1 Å². The molecule has 1 fully saturated rings. The molecule has 1 amide bonds. The van der Waals surface area contributed by atoms with Gasteiger partial charge in [-0.3, -0.25) is 4.79 Å². The van der Waals surface area contributed by atoms with Crippen LogP contribution in [0.2, 0.25) is 0 Å². The molecule has 0 bridgehead atoms. The molecule has 1 aromatic carbocycles. The second kappa shape index (κ2) is 4.53. The highest BCUT2D eigenvalue weighted by molar-refractivity contribution is 8.01. The molecule has 0 radical (unpaired) electrons. The van der Waals surface area contributed by atoms with Gasteiger partial charge in [-0.2, -0.15) is 0 Å². The Labute approximate surface area is 118 Å². The number of hydrogen-bond acceptors (Lipinski definition) is 3. The van der Waals surface area contributed by atoms with Crippen LogP contribution in [0.4, 0.5) is 0 Å². The van der Waals surface area contributed by atoms with Gasteiger partial charge in [0.2, 0.25) is 5.91 Å². The molecule has 0 aromatic heterocycles. The van der Waals surface area contributed by atoms with E-state index in [1.165, 1.54) is 10.5 Å². The summed E-state index contributed by atoms with van der Waals surface area (Å²) >= 11 is 1.66. The van der Waals surface area contributed by atoms with Crippen molar-refractivity contribution >= 4 is 17.7 Å². The molecular weight excluding hydrogens is 258 g/mol. The van der Waals surface area contributed by atoms with Gasteiger partial charge in [0, 0.05) is 4.90 Å². The number of benzene rings is 1. The van der Waals surface area contributed by atoms with E-state index in [4.69, 9.17) is 0 Å². The molecule has 3 rings (SSSR count). The van der Waals surface area contributed by atoms with Crippen molar-refractivity contribution in [1.82, 2.24) is 4.90 Å². The lowest BCUT2D eigenvalue weighted by molar-refractivity contribution is -0.163. The van der Waals surface area contributed by atoms with Crippen LogP contribution >= 0.6 is 11.8 Å². The van der Waals surface area contributed by atoms with E-state index in [-0.39, 0.29) is 17.1 Å². The maximum atomic E-state index is 12.4. The first-order valence-corrected chi connectivity index (χ1v) is 7.63. The van der Waals surface area contributed by atoms with Crippen LogP contribution in [0.5, 0.6) is 0 Å². The highest BCUT2D eigenvalue weighted by atomic mass is 32.2. The first kappa shape index (κ1) is 13.0. The predicted molar refractivity (Wildman–Crippen MR) is 76.2 cm³/mol. The van der Waals surface area contributed by atoms with Gasteiger partial charge in [0.05, 0.1) is 18.3 Å². The van der Waals surface area contributed by atoms with E-state index in [1.807, 2.05) is 26.0 Å². The quantitative estimate of drug-likeness (QED) is 0.898. The molecule has 1 saturated heterocycles. The molecule has 102 valence electrons. The zero-order valence-corrected chi connectivity index (χ0v) is 12.1. The number of hydrogen-bond donors (Lipinski definition) is 1. The SMILES string of the molecule is CC(C)C1(O)CN(C(=O)C2Cc3ccccc3S2)C1. The van der Waals surface area contributed by atoms with Gasteiger partial charge < -0.3 is 10.0 Å². The number of β-amino-alcohol motifs (C(OH)–C–C–N with tert-alkyl or cyclic N) is 1. The van der Waals surface area contributed by atoms with E-state index in [0.717, 1.165) is 6.42 Å². The van der Waals surface area contributed by atoms with Crippen molar-refractivity contribution in [3.63, 3.8) is 0 Å². The van der Waals surface area contributed by atoms with Gasteiger partial charge in [-0.25, -0.2) is 0 Å². The minimum atomic E-state index is -0.675. The van der Waals surface area contributed by atoms with Gasteiger partial charge in [-0.05, 0) is 24.0 Å². The Kier molecular flexibility index (Phi) is 3.10. The van der Waals surface area contributed by atoms with Crippen LogP contribution in [0, 0.1) is 5.92 Å². The third-order valence-electron chi connectivity index (χ3n) is 4.24. The number of rotatable bonds is 2. The second-order valence-electron chi connectivity index (χ2n) is 5.87. The Morgan fingerprint density at radius 2 is 2.11 bits per heavy atom. The number of nitrogens with zero attached hydrogens (tertiary/aromatic N) is 1. The molecule has 2 heterocycles. The molecular formula is C15H19NO2S. The number of aliphatic hydroxyl groups is 1. The van der Waals surface area contributed by atoms with Crippen molar-refractivity contribution in [1.29, 1.82) is 0 Å². The average Bonchev–Trinajstić information content (AvgIpc) is 2.77. The molecule has 1 aromatic rings. The van der Waals surface area contributed by atoms with Gasteiger partial charge in [0.1, 0.15) is 5.60 Å². The largest absolute Gasteiger partial charge is 0.386 e. The highest BCUT2D eigenvalue weighted by Crippen LogP contribution is 2.39. The Balaban J connectivity index is 1.63. The van der Waals surface area contributed by atoms with E-state index < -0.39 is 5.60 Å². The second-order valence-corrected chi connectivity index (χ2v) is 7.12. The summed E-state index contributed by atoms with van der Waals surface area (Å²) in [6.45, 7) is 4.97. The Morgan fingerprint density at radius 1 is 1.42 bits per heavy atom. The summed E-state index contributed by atoms with van der Waals surface area (Å²) in [5.41, 5.74) is 0.594. The number of carbonyl (C=O) groups is 1. The summed E-state index contributed by atoms with van der Waals surface area (Å²) in [4.78, 5) is 15.4. The zero-order chi connectivity index (χ0) is 13.6. The number of carbonyl (C=O) groups excluding carboxylic acids is 1. The first-order valence-electron chi connectivity index (χ1n) is 6.75. The standard InChI is InChI=1S/C15H19NO2S/c1-10(2)15(18)8-16(9-15)14(17)13-7-11-5-3-4-6-12(11)19-13/h3-6,10,13,18H,7-9H2,1-2H3. The van der Waals surface area contributed by atoms with Crippen LogP contribution in [0.25, 0.3) is 0 Å². The van der Waals surface area contributed by atoms with Crippen molar-refractivity contribution in [2.45, 2.75) is 36.0 Å². The van der Waals surface area contributed by atoms with Gasteiger partial charge in [-0.1, -0.05) is 32.0 Å². The molecule has 19 heavy (non-hydrogen) atoms. The minimum Gasteiger partial charge on any atom is -0.386 e. The summed E-state index contributed by atoms with van der Waals surface area (Å²) < 4.78 is 0. The molecule has 3 nitrogen and oxygen atoms in total. The van der Waals surface area contributed by atoms with E-state index >= 15 is 0 Å². The van der Waals surface area contributed by atoms with E-state index in [9.17, 15) is 9.90 Å². The number of likely N-dealkylation sites (tertiary alicyclic amines) is 1. The topological polar surface area (TPSA) is 40.5 Å². The molecule has 1 N–H and O–H groups in total. The smallest absolute Gasteiger partial charge is 0.236 e. The van der Waals surface area contributed by atoms with Gasteiger partial charge in [-0.15, -0.1) is 11.8 Å². The number of amides is 1. The monoisotopic (exact) mass is 277 g/mol. The molecule has 2 aliphatic heterocycles. The van der Waals surface area contributed by atoms with Crippen LogP contribution < -0.4 is 0 Å². The first-order chi connectivity index (χ1) is 8.99. The molecule has 4 heteroatoms. The lowest BCUT2D eigenvalue weighted by atomic mass is 9.83. The van der Waals surface area contributed by atoms with Crippen molar-refractivity contribution in [3.05, 3.63) is 29.8 Å². The number of fused-ring (bicyclic) bond motifs is 1. The summed E-state index contributed by atoms with van der Waals surface area (Å²) in [6, 6.07) is 8.21. The fourth-order valence-corrected chi connectivity index (χ4v) is 3.94. The lowest BCUT2D eigenvalue weighted by Gasteiger charge is -2.49. The van der Waals surface area contributed by atoms with Gasteiger partial charge in [0.15, 0.2) is 0 Å². The fourth-order valence-electron chi connectivity index (χ4n) is 2.66. The van der Waals surface area contributed by atoms with Gasteiger partial charge in [0.25, 0.3) is 0 Å². The summed E-state index contributed by atoms with van der Waals surface area (Å²) in [5, 5.41) is 10.2. The maximum absolute atomic E-state index is 12.4.